The maximum atomic E-state index is 12.0. The van der Waals surface area contributed by atoms with Crippen molar-refractivity contribution >= 4 is 45.7 Å². The van der Waals surface area contributed by atoms with E-state index in [0.29, 0.717) is 0 Å². The Bertz CT molecular complexity index is 386. The molecule has 0 saturated heterocycles. The smallest absolute Gasteiger partial charge is 0.131 e. The van der Waals surface area contributed by atoms with Crippen LogP contribution < -0.4 is 10.6 Å². The fourth-order valence-electron chi connectivity index (χ4n) is 1.35. The predicted molar refractivity (Wildman–Crippen MR) is 66.9 cm³/mol. The Balaban J connectivity index is 0.00000112. The molecule has 0 aliphatic carbocycles. The number of rotatable bonds is 2. The molecule has 1 nitrogen and oxygen atoms in total. The minimum absolute atomic E-state index is 0. The second-order valence-corrected chi connectivity index (χ2v) is 4.87. The van der Waals surface area contributed by atoms with E-state index in [1.54, 1.807) is 0 Å². The van der Waals surface area contributed by atoms with Gasteiger partial charge in [-0.05, 0) is 0 Å². The average Bonchev–Trinajstić information content (AvgIpc) is 2.30. The van der Waals surface area contributed by atoms with Gasteiger partial charge in [-0.2, -0.15) is 0 Å². The molecule has 0 fully saturated rings. The summed E-state index contributed by atoms with van der Waals surface area (Å²) in [5.74, 6) is 0. The summed E-state index contributed by atoms with van der Waals surface area (Å²) in [6, 6.07) is 19.2. The normalized spacial score (nSPS) is 9.67. The zero-order valence-electron chi connectivity index (χ0n) is 8.18. The number of benzene rings is 2. The molecule has 2 rings (SSSR count). The summed E-state index contributed by atoms with van der Waals surface area (Å²) >= 11 is 0. The molecule has 0 heterocycles. The van der Waals surface area contributed by atoms with Gasteiger partial charge in [-0.1, -0.05) is 60.7 Å². The second kappa shape index (κ2) is 6.23. The van der Waals surface area contributed by atoms with Gasteiger partial charge in [-0.15, -0.1) is 0 Å². The van der Waals surface area contributed by atoms with E-state index in [0.717, 1.165) is 10.6 Å². The molecule has 4 radical (unpaired) electrons. The molecule has 2 aromatic carbocycles. The van der Waals surface area contributed by atoms with Gasteiger partial charge in [0.15, 0.2) is 0 Å². The molecule has 0 aliphatic rings. The van der Waals surface area contributed by atoms with Crippen LogP contribution in [0.15, 0.2) is 60.7 Å². The third kappa shape index (κ3) is 3.28. The minimum atomic E-state index is -1.79. The fraction of sp³-hybridized carbons (Fsp3) is 0. The van der Waals surface area contributed by atoms with Gasteiger partial charge >= 0.3 is 0 Å². The maximum absolute atomic E-state index is 12.0. The summed E-state index contributed by atoms with van der Waals surface area (Å²) in [6.45, 7) is 0. The molecule has 0 saturated carbocycles. The molecule has 0 N–H and O–H groups in total. The summed E-state index contributed by atoms with van der Waals surface area (Å²) in [5.41, 5.74) is 0. The van der Waals surface area contributed by atoms with Gasteiger partial charge in [-0.3, -0.25) is 0 Å². The quantitative estimate of drug-likeness (QED) is 0.546. The third-order valence-electron chi connectivity index (χ3n) is 2.07. The molecule has 15 heavy (non-hydrogen) atoms. The Morgan fingerprint density at radius 1 is 0.667 bits per heavy atom. The first-order chi connectivity index (χ1) is 6.88. The van der Waals surface area contributed by atoms with Crippen LogP contribution in [0.2, 0.25) is 0 Å². The standard InChI is InChI=1S/C12H11OP.Pb/c13-14(11-7-3-1-4-8-11)12-9-5-2-6-10-12;/h1-10,14H;. The molecule has 0 unspecified atom stereocenters. The van der Waals surface area contributed by atoms with Gasteiger partial charge in [-0.25, -0.2) is 0 Å². The number of hydrogen-bond acceptors (Lipinski definition) is 1. The first-order valence-electron chi connectivity index (χ1n) is 4.53. The van der Waals surface area contributed by atoms with E-state index >= 15 is 0 Å². The van der Waals surface area contributed by atoms with Crippen LogP contribution in [-0.4, -0.2) is 27.3 Å². The molecular formula is C12H11OPPb. The Labute approximate surface area is 110 Å². The molecule has 0 spiro atoms. The zero-order chi connectivity index (χ0) is 9.80. The van der Waals surface area contributed by atoms with Crippen molar-refractivity contribution in [1.29, 1.82) is 0 Å². The van der Waals surface area contributed by atoms with Crippen molar-refractivity contribution in [2.45, 2.75) is 0 Å². The van der Waals surface area contributed by atoms with E-state index in [9.17, 15) is 4.57 Å². The SMILES string of the molecule is O=[PH](c1ccccc1)c1ccccc1.[Pb]. The van der Waals surface area contributed by atoms with Gasteiger partial charge < -0.3 is 4.57 Å². The van der Waals surface area contributed by atoms with E-state index in [1.807, 2.05) is 60.7 Å². The second-order valence-electron chi connectivity index (χ2n) is 3.06. The van der Waals surface area contributed by atoms with Gasteiger partial charge in [0, 0.05) is 37.9 Å². The monoisotopic (exact) mass is 410 g/mol. The van der Waals surface area contributed by atoms with E-state index in [1.165, 1.54) is 0 Å². The molecule has 3 heteroatoms. The molecule has 0 aliphatic heterocycles. The summed E-state index contributed by atoms with van der Waals surface area (Å²) in [7, 11) is -1.79. The van der Waals surface area contributed by atoms with Crippen LogP contribution >= 0.6 is 7.80 Å². The van der Waals surface area contributed by atoms with E-state index in [-0.39, 0.29) is 27.3 Å². The van der Waals surface area contributed by atoms with E-state index in [4.69, 9.17) is 0 Å². The van der Waals surface area contributed by atoms with Crippen molar-refractivity contribution in [2.24, 2.45) is 0 Å². The van der Waals surface area contributed by atoms with Crippen molar-refractivity contribution in [3.8, 4) is 0 Å². The summed E-state index contributed by atoms with van der Waals surface area (Å²) in [5, 5.41) is 1.84. The van der Waals surface area contributed by atoms with Crippen LogP contribution in [0.1, 0.15) is 0 Å². The molecule has 0 bridgehead atoms. The third-order valence-corrected chi connectivity index (χ3v) is 3.79. The molecule has 2 aromatic rings. The Morgan fingerprint density at radius 2 is 1.00 bits per heavy atom. The molecule has 74 valence electrons. The van der Waals surface area contributed by atoms with Crippen molar-refractivity contribution in [3.05, 3.63) is 60.7 Å². The Hall–Kier alpha value is -0.408. The summed E-state index contributed by atoms with van der Waals surface area (Å²) in [6.07, 6.45) is 0. The van der Waals surface area contributed by atoms with Crippen LogP contribution in [0, 0.1) is 0 Å². The zero-order valence-corrected chi connectivity index (χ0v) is 13.1. The predicted octanol–water partition coefficient (Wildman–Crippen LogP) is 1.82. The van der Waals surface area contributed by atoms with Gasteiger partial charge in [0.1, 0.15) is 7.80 Å². The summed E-state index contributed by atoms with van der Waals surface area (Å²) in [4.78, 5) is 0. The Morgan fingerprint density at radius 3 is 1.33 bits per heavy atom. The molecule has 0 atom stereocenters. The van der Waals surface area contributed by atoms with Crippen LogP contribution in [0.25, 0.3) is 0 Å². The van der Waals surface area contributed by atoms with E-state index < -0.39 is 7.80 Å². The van der Waals surface area contributed by atoms with Crippen LogP contribution in [0.4, 0.5) is 0 Å². The first kappa shape index (κ1) is 12.7. The van der Waals surface area contributed by atoms with Crippen LogP contribution in [-0.2, 0) is 4.57 Å². The molecule has 0 amide bonds. The minimum Gasteiger partial charge on any atom is -0.317 e. The fourth-order valence-corrected chi connectivity index (χ4v) is 2.67. The van der Waals surface area contributed by atoms with Crippen LogP contribution in [0.5, 0.6) is 0 Å². The molecule has 0 aromatic heterocycles. The van der Waals surface area contributed by atoms with Crippen molar-refractivity contribution in [2.75, 3.05) is 0 Å². The average molecular weight is 409 g/mol. The van der Waals surface area contributed by atoms with Gasteiger partial charge in [0.25, 0.3) is 0 Å². The topological polar surface area (TPSA) is 17.1 Å². The van der Waals surface area contributed by atoms with Crippen molar-refractivity contribution in [3.63, 3.8) is 0 Å². The van der Waals surface area contributed by atoms with Crippen molar-refractivity contribution < 1.29 is 4.57 Å². The molecular weight excluding hydrogens is 398 g/mol. The van der Waals surface area contributed by atoms with E-state index in [2.05, 4.69) is 0 Å². The largest absolute Gasteiger partial charge is 0.317 e. The summed E-state index contributed by atoms with van der Waals surface area (Å²) < 4.78 is 12.0. The van der Waals surface area contributed by atoms with Gasteiger partial charge in [0.2, 0.25) is 0 Å². The maximum Gasteiger partial charge on any atom is 0.131 e. The number of hydrogen-bond donors (Lipinski definition) is 0. The van der Waals surface area contributed by atoms with Gasteiger partial charge in [0.05, 0.1) is 0 Å². The van der Waals surface area contributed by atoms with Crippen LogP contribution in [0.3, 0.4) is 0 Å². The van der Waals surface area contributed by atoms with Crippen molar-refractivity contribution in [1.82, 2.24) is 0 Å². The Kier molecular flexibility index (Phi) is 5.26. The first-order valence-corrected chi connectivity index (χ1v) is 5.93.